The van der Waals surface area contributed by atoms with Crippen molar-refractivity contribution < 1.29 is 14.4 Å². The normalized spacial score (nSPS) is 13.9. The van der Waals surface area contributed by atoms with Crippen molar-refractivity contribution in [1.29, 1.82) is 5.26 Å². The lowest BCUT2D eigenvalue weighted by Gasteiger charge is -2.24. The number of hydrogen-bond acceptors (Lipinski definition) is 4. The Morgan fingerprint density at radius 1 is 1.21 bits per heavy atom. The van der Waals surface area contributed by atoms with Crippen LogP contribution in [0.3, 0.4) is 0 Å². The highest BCUT2D eigenvalue weighted by molar-refractivity contribution is 5.91. The minimum Gasteiger partial charge on any atom is -0.368 e. The maximum absolute atomic E-state index is 12.5. The molecule has 0 spiro atoms. The van der Waals surface area contributed by atoms with E-state index >= 15 is 0 Å². The van der Waals surface area contributed by atoms with E-state index in [2.05, 4.69) is 10.6 Å². The van der Waals surface area contributed by atoms with E-state index in [1.165, 1.54) is 6.92 Å². The molecule has 0 unspecified atom stereocenters. The largest absolute Gasteiger partial charge is 0.368 e. The van der Waals surface area contributed by atoms with Gasteiger partial charge >= 0.3 is 0 Å². The van der Waals surface area contributed by atoms with E-state index in [9.17, 15) is 14.4 Å². The molecule has 7 nitrogen and oxygen atoms in total. The van der Waals surface area contributed by atoms with E-state index in [4.69, 9.17) is 11.0 Å². The second-order valence-corrected chi connectivity index (χ2v) is 5.67. The third-order valence-electron chi connectivity index (χ3n) is 3.56. The fraction of sp³-hybridized carbons (Fsp3) is 0.412. The average molecular weight is 330 g/mol. The van der Waals surface area contributed by atoms with Crippen LogP contribution in [-0.2, 0) is 20.8 Å². The van der Waals surface area contributed by atoms with Gasteiger partial charge in [-0.3, -0.25) is 14.4 Å². The molecule has 0 bridgehead atoms. The van der Waals surface area contributed by atoms with Gasteiger partial charge in [-0.2, -0.15) is 5.26 Å². The van der Waals surface area contributed by atoms with Crippen molar-refractivity contribution in [1.82, 2.24) is 10.6 Å². The minimum atomic E-state index is -0.968. The quantitative estimate of drug-likeness (QED) is 0.632. The fourth-order valence-corrected chi connectivity index (χ4v) is 2.31. The zero-order chi connectivity index (χ0) is 18.1. The van der Waals surface area contributed by atoms with E-state index in [0.29, 0.717) is 0 Å². The Morgan fingerprint density at radius 2 is 1.83 bits per heavy atom. The summed E-state index contributed by atoms with van der Waals surface area (Å²) >= 11 is 0. The van der Waals surface area contributed by atoms with Crippen LogP contribution in [0.15, 0.2) is 30.3 Å². The number of nitriles is 1. The Labute approximate surface area is 141 Å². The minimum absolute atomic E-state index is 0.0807. The number of carbonyl (C=O) groups is 3. The van der Waals surface area contributed by atoms with Gasteiger partial charge in [0.05, 0.1) is 6.07 Å². The summed E-state index contributed by atoms with van der Waals surface area (Å²) in [6.45, 7) is 2.97. The van der Waals surface area contributed by atoms with Gasteiger partial charge in [0.2, 0.25) is 17.7 Å². The zero-order valence-corrected chi connectivity index (χ0v) is 13.8. The molecular formula is C17H22N4O3. The molecular weight excluding hydrogens is 308 g/mol. The Balaban J connectivity index is 2.88. The molecule has 7 heteroatoms. The third-order valence-corrected chi connectivity index (χ3v) is 3.56. The lowest BCUT2D eigenvalue weighted by molar-refractivity contribution is -0.131. The Morgan fingerprint density at radius 3 is 2.33 bits per heavy atom. The molecule has 1 aromatic rings. The Kier molecular flexibility index (Phi) is 7.43. The maximum atomic E-state index is 12.5. The van der Waals surface area contributed by atoms with Crippen LogP contribution in [0.25, 0.3) is 0 Å². The van der Waals surface area contributed by atoms with Crippen molar-refractivity contribution in [3.63, 3.8) is 0 Å². The van der Waals surface area contributed by atoms with Crippen molar-refractivity contribution in [2.75, 3.05) is 0 Å². The van der Waals surface area contributed by atoms with Crippen LogP contribution in [0, 0.1) is 17.2 Å². The summed E-state index contributed by atoms with van der Waals surface area (Å²) in [5, 5.41) is 13.9. The van der Waals surface area contributed by atoms with Crippen LogP contribution in [0.4, 0.5) is 0 Å². The van der Waals surface area contributed by atoms with Gasteiger partial charge in [-0.15, -0.1) is 0 Å². The van der Waals surface area contributed by atoms with E-state index in [-0.39, 0.29) is 18.7 Å². The highest BCUT2D eigenvalue weighted by atomic mass is 16.2. The first-order chi connectivity index (χ1) is 11.3. The monoisotopic (exact) mass is 330 g/mol. The van der Waals surface area contributed by atoms with Gasteiger partial charge < -0.3 is 16.4 Å². The van der Waals surface area contributed by atoms with Gasteiger partial charge in [0.25, 0.3) is 0 Å². The highest BCUT2D eigenvalue weighted by Gasteiger charge is 2.28. The van der Waals surface area contributed by atoms with E-state index in [0.717, 1.165) is 5.56 Å². The molecule has 0 aromatic heterocycles. The van der Waals surface area contributed by atoms with Crippen LogP contribution < -0.4 is 16.4 Å². The fourth-order valence-electron chi connectivity index (χ4n) is 2.31. The molecule has 0 aliphatic heterocycles. The number of amides is 3. The van der Waals surface area contributed by atoms with Crippen LogP contribution in [0.2, 0.25) is 0 Å². The molecule has 3 atom stereocenters. The van der Waals surface area contributed by atoms with Crippen molar-refractivity contribution in [2.45, 2.75) is 38.8 Å². The molecule has 3 amide bonds. The van der Waals surface area contributed by atoms with E-state index < -0.39 is 29.8 Å². The Hall–Kier alpha value is -2.88. The lowest BCUT2D eigenvalue weighted by atomic mass is 9.97. The molecule has 0 aliphatic rings. The van der Waals surface area contributed by atoms with Crippen LogP contribution in [0.1, 0.15) is 25.8 Å². The SMILES string of the molecule is CC(=O)N[C@@H](Cc1ccccc1)C(=O)N[C@@H](C(N)=O)[C@H](C)CC#N. The molecule has 128 valence electrons. The number of nitrogens with two attached hydrogens (primary N) is 1. The van der Waals surface area contributed by atoms with Gasteiger partial charge in [-0.05, 0) is 11.5 Å². The smallest absolute Gasteiger partial charge is 0.243 e. The number of nitrogens with one attached hydrogen (secondary N) is 2. The summed E-state index contributed by atoms with van der Waals surface area (Å²) in [6.07, 6.45) is 0.363. The third kappa shape index (κ3) is 6.08. The van der Waals surface area contributed by atoms with Crippen LogP contribution in [0.5, 0.6) is 0 Å². The highest BCUT2D eigenvalue weighted by Crippen LogP contribution is 2.09. The molecule has 0 saturated carbocycles. The summed E-state index contributed by atoms with van der Waals surface area (Å²) in [5.74, 6) is -2.01. The van der Waals surface area contributed by atoms with Gasteiger partial charge in [-0.25, -0.2) is 0 Å². The lowest BCUT2D eigenvalue weighted by Crippen LogP contribution is -2.55. The number of benzene rings is 1. The molecule has 0 radical (unpaired) electrons. The first kappa shape index (κ1) is 19.2. The van der Waals surface area contributed by atoms with Gasteiger partial charge in [0.1, 0.15) is 12.1 Å². The predicted molar refractivity (Wildman–Crippen MR) is 88.3 cm³/mol. The van der Waals surface area contributed by atoms with Gasteiger partial charge in [0, 0.05) is 19.8 Å². The number of primary amides is 1. The zero-order valence-electron chi connectivity index (χ0n) is 13.8. The molecule has 0 aliphatic carbocycles. The number of rotatable bonds is 8. The average Bonchev–Trinajstić information content (AvgIpc) is 2.52. The molecule has 0 saturated heterocycles. The van der Waals surface area contributed by atoms with Gasteiger partial charge in [-0.1, -0.05) is 37.3 Å². The van der Waals surface area contributed by atoms with E-state index in [1.807, 2.05) is 36.4 Å². The molecule has 1 aromatic carbocycles. The molecule has 4 N–H and O–H groups in total. The molecule has 0 fully saturated rings. The van der Waals surface area contributed by atoms with Crippen molar-refractivity contribution >= 4 is 17.7 Å². The molecule has 24 heavy (non-hydrogen) atoms. The standard InChI is InChI=1S/C17H22N4O3/c1-11(8-9-18)15(16(19)23)21-17(24)14(20-12(2)22)10-13-6-4-3-5-7-13/h3-7,11,14-15H,8,10H2,1-2H3,(H2,19,23)(H,20,22)(H,21,24)/t11-,14+,15-/m1/s1. The summed E-state index contributed by atoms with van der Waals surface area (Å²) in [4.78, 5) is 35.4. The first-order valence-electron chi connectivity index (χ1n) is 7.62. The number of hydrogen-bond donors (Lipinski definition) is 3. The Bertz CT molecular complexity index is 624. The summed E-state index contributed by atoms with van der Waals surface area (Å²) in [5.41, 5.74) is 6.19. The number of carbonyl (C=O) groups excluding carboxylic acids is 3. The second kappa shape index (κ2) is 9.30. The number of nitrogens with zero attached hydrogens (tertiary/aromatic N) is 1. The van der Waals surface area contributed by atoms with Crippen LogP contribution >= 0.6 is 0 Å². The molecule has 0 heterocycles. The summed E-state index contributed by atoms with van der Waals surface area (Å²) < 4.78 is 0. The summed E-state index contributed by atoms with van der Waals surface area (Å²) in [7, 11) is 0. The molecule has 1 rings (SSSR count). The van der Waals surface area contributed by atoms with Crippen molar-refractivity contribution in [3.8, 4) is 6.07 Å². The topological polar surface area (TPSA) is 125 Å². The van der Waals surface area contributed by atoms with E-state index in [1.54, 1.807) is 6.92 Å². The van der Waals surface area contributed by atoms with Crippen LogP contribution in [-0.4, -0.2) is 29.8 Å². The van der Waals surface area contributed by atoms with Crippen molar-refractivity contribution in [3.05, 3.63) is 35.9 Å². The maximum Gasteiger partial charge on any atom is 0.243 e. The predicted octanol–water partition coefficient (Wildman–Crippen LogP) is 0.254. The van der Waals surface area contributed by atoms with Gasteiger partial charge in [0.15, 0.2) is 0 Å². The summed E-state index contributed by atoms with van der Waals surface area (Å²) in [6, 6.07) is 9.34. The van der Waals surface area contributed by atoms with Crippen molar-refractivity contribution in [2.24, 2.45) is 11.7 Å². The second-order valence-electron chi connectivity index (χ2n) is 5.67. The first-order valence-corrected chi connectivity index (χ1v) is 7.62.